The molecule has 0 aliphatic rings. The van der Waals surface area contributed by atoms with Gasteiger partial charge in [-0.05, 0) is 44.9 Å². The van der Waals surface area contributed by atoms with E-state index in [9.17, 15) is 4.79 Å². The molecule has 0 aromatic heterocycles. The molecule has 0 radical (unpaired) electrons. The zero-order valence-corrected chi connectivity index (χ0v) is 12.6. The van der Waals surface area contributed by atoms with Gasteiger partial charge in [0, 0.05) is 12.5 Å². The Morgan fingerprint density at radius 2 is 2.10 bits per heavy atom. The van der Waals surface area contributed by atoms with E-state index in [1.165, 1.54) is 5.56 Å². The minimum absolute atomic E-state index is 0.119. The first-order valence-electron chi connectivity index (χ1n) is 7.18. The van der Waals surface area contributed by atoms with Gasteiger partial charge in [-0.3, -0.25) is 4.79 Å². The molecule has 0 heterocycles. The number of esters is 1. The Hall–Kier alpha value is -1.55. The SMILES string of the molecule is CCOC(=O)CCCNC(C)Cc1ccccc1OC. The fraction of sp³-hybridized carbons (Fsp3) is 0.562. The summed E-state index contributed by atoms with van der Waals surface area (Å²) >= 11 is 0. The number of para-hydroxylation sites is 1. The van der Waals surface area contributed by atoms with Crippen molar-refractivity contribution in [3.63, 3.8) is 0 Å². The van der Waals surface area contributed by atoms with E-state index < -0.39 is 0 Å². The standard InChI is InChI=1S/C16H25NO3/c1-4-20-16(18)10-7-11-17-13(2)12-14-8-5-6-9-15(14)19-3/h5-6,8-9,13,17H,4,7,10-12H2,1-3H3. The Bertz CT molecular complexity index is 406. The van der Waals surface area contributed by atoms with Crippen molar-refractivity contribution in [2.45, 2.75) is 39.2 Å². The van der Waals surface area contributed by atoms with E-state index in [0.29, 0.717) is 19.1 Å². The van der Waals surface area contributed by atoms with Crippen LogP contribution in [0.25, 0.3) is 0 Å². The highest BCUT2D eigenvalue weighted by atomic mass is 16.5. The highest BCUT2D eigenvalue weighted by Gasteiger charge is 2.08. The summed E-state index contributed by atoms with van der Waals surface area (Å²) in [6.45, 7) is 5.23. The first-order valence-corrected chi connectivity index (χ1v) is 7.18. The number of methoxy groups -OCH3 is 1. The van der Waals surface area contributed by atoms with Gasteiger partial charge in [-0.1, -0.05) is 18.2 Å². The lowest BCUT2D eigenvalue weighted by molar-refractivity contribution is -0.143. The van der Waals surface area contributed by atoms with Crippen molar-refractivity contribution in [3.05, 3.63) is 29.8 Å². The minimum Gasteiger partial charge on any atom is -0.496 e. The number of nitrogens with one attached hydrogen (secondary N) is 1. The smallest absolute Gasteiger partial charge is 0.305 e. The fourth-order valence-corrected chi connectivity index (χ4v) is 2.09. The molecular weight excluding hydrogens is 254 g/mol. The first-order chi connectivity index (χ1) is 9.67. The molecule has 0 saturated heterocycles. The van der Waals surface area contributed by atoms with Crippen LogP contribution in [0.2, 0.25) is 0 Å². The summed E-state index contributed by atoms with van der Waals surface area (Å²) in [6, 6.07) is 8.39. The maximum atomic E-state index is 11.2. The van der Waals surface area contributed by atoms with Crippen molar-refractivity contribution in [2.24, 2.45) is 0 Å². The van der Waals surface area contributed by atoms with Crippen LogP contribution in [0.15, 0.2) is 24.3 Å². The Morgan fingerprint density at radius 3 is 2.80 bits per heavy atom. The van der Waals surface area contributed by atoms with Gasteiger partial charge in [0.25, 0.3) is 0 Å². The molecule has 112 valence electrons. The summed E-state index contributed by atoms with van der Waals surface area (Å²) in [6.07, 6.45) is 2.18. The van der Waals surface area contributed by atoms with E-state index in [0.717, 1.165) is 25.1 Å². The van der Waals surface area contributed by atoms with Gasteiger partial charge in [-0.25, -0.2) is 0 Å². The highest BCUT2D eigenvalue weighted by Crippen LogP contribution is 2.18. The van der Waals surface area contributed by atoms with E-state index in [1.807, 2.05) is 25.1 Å². The molecule has 1 atom stereocenters. The number of benzene rings is 1. The number of carbonyl (C=O) groups is 1. The molecule has 0 aliphatic heterocycles. The monoisotopic (exact) mass is 279 g/mol. The molecule has 1 rings (SSSR count). The highest BCUT2D eigenvalue weighted by molar-refractivity contribution is 5.69. The molecule has 4 nitrogen and oxygen atoms in total. The lowest BCUT2D eigenvalue weighted by Gasteiger charge is -2.15. The molecule has 0 saturated carbocycles. The number of ether oxygens (including phenoxy) is 2. The van der Waals surface area contributed by atoms with Gasteiger partial charge in [0.1, 0.15) is 5.75 Å². The molecular formula is C16H25NO3. The van der Waals surface area contributed by atoms with Gasteiger partial charge in [0.2, 0.25) is 0 Å². The third-order valence-electron chi connectivity index (χ3n) is 3.07. The van der Waals surface area contributed by atoms with Crippen LogP contribution in [0.1, 0.15) is 32.3 Å². The number of carbonyl (C=O) groups excluding carboxylic acids is 1. The van der Waals surface area contributed by atoms with E-state index in [1.54, 1.807) is 7.11 Å². The van der Waals surface area contributed by atoms with Crippen LogP contribution in [0.4, 0.5) is 0 Å². The maximum Gasteiger partial charge on any atom is 0.305 e. The summed E-state index contributed by atoms with van der Waals surface area (Å²) in [7, 11) is 1.69. The van der Waals surface area contributed by atoms with Crippen molar-refractivity contribution >= 4 is 5.97 Å². The number of hydrogen-bond donors (Lipinski definition) is 1. The summed E-state index contributed by atoms with van der Waals surface area (Å²) in [5.41, 5.74) is 1.19. The van der Waals surface area contributed by atoms with Crippen LogP contribution in [0.5, 0.6) is 5.75 Å². The molecule has 0 spiro atoms. The minimum atomic E-state index is -0.119. The first kappa shape index (κ1) is 16.5. The fourth-order valence-electron chi connectivity index (χ4n) is 2.09. The van der Waals surface area contributed by atoms with Crippen LogP contribution >= 0.6 is 0 Å². The zero-order valence-electron chi connectivity index (χ0n) is 12.6. The molecule has 4 heteroatoms. The molecule has 20 heavy (non-hydrogen) atoms. The molecule has 1 aromatic carbocycles. The van der Waals surface area contributed by atoms with Gasteiger partial charge in [0.05, 0.1) is 13.7 Å². The molecule has 0 fully saturated rings. The Labute approximate surface area is 121 Å². The second-order valence-corrected chi connectivity index (χ2v) is 4.78. The quantitative estimate of drug-likeness (QED) is 0.557. The predicted octanol–water partition coefficient (Wildman–Crippen LogP) is 2.56. The Balaban J connectivity index is 2.26. The molecule has 1 aromatic rings. The molecule has 1 unspecified atom stereocenters. The van der Waals surface area contributed by atoms with E-state index in [4.69, 9.17) is 9.47 Å². The number of hydrogen-bond acceptors (Lipinski definition) is 4. The van der Waals surface area contributed by atoms with E-state index >= 15 is 0 Å². The maximum absolute atomic E-state index is 11.2. The summed E-state index contributed by atoms with van der Waals surface area (Å²) in [5, 5.41) is 3.42. The van der Waals surface area contributed by atoms with Gasteiger partial charge < -0.3 is 14.8 Å². The molecule has 0 bridgehead atoms. The van der Waals surface area contributed by atoms with Crippen LogP contribution in [0.3, 0.4) is 0 Å². The summed E-state index contributed by atoms with van der Waals surface area (Å²) < 4.78 is 10.2. The Kier molecular flexibility index (Phi) is 7.73. The van der Waals surface area contributed by atoms with Gasteiger partial charge in [-0.2, -0.15) is 0 Å². The van der Waals surface area contributed by atoms with Crippen molar-refractivity contribution in [1.29, 1.82) is 0 Å². The van der Waals surface area contributed by atoms with Crippen molar-refractivity contribution in [1.82, 2.24) is 5.32 Å². The third-order valence-corrected chi connectivity index (χ3v) is 3.07. The van der Waals surface area contributed by atoms with Crippen molar-refractivity contribution in [2.75, 3.05) is 20.3 Å². The van der Waals surface area contributed by atoms with Gasteiger partial charge >= 0.3 is 5.97 Å². The summed E-state index contributed by atoms with van der Waals surface area (Å²) in [4.78, 5) is 11.2. The third kappa shape index (κ3) is 6.06. The summed E-state index contributed by atoms with van der Waals surface area (Å²) in [5.74, 6) is 0.805. The van der Waals surface area contributed by atoms with Crippen LogP contribution in [-0.4, -0.2) is 32.3 Å². The largest absolute Gasteiger partial charge is 0.496 e. The van der Waals surface area contributed by atoms with Crippen LogP contribution in [0, 0.1) is 0 Å². The van der Waals surface area contributed by atoms with Crippen molar-refractivity contribution in [3.8, 4) is 5.75 Å². The normalized spacial score (nSPS) is 11.9. The lowest BCUT2D eigenvalue weighted by Crippen LogP contribution is -2.29. The van der Waals surface area contributed by atoms with E-state index in [-0.39, 0.29) is 5.97 Å². The average Bonchev–Trinajstić information content (AvgIpc) is 2.44. The number of rotatable bonds is 9. The molecule has 1 N–H and O–H groups in total. The van der Waals surface area contributed by atoms with Gasteiger partial charge in [0.15, 0.2) is 0 Å². The average molecular weight is 279 g/mol. The second-order valence-electron chi connectivity index (χ2n) is 4.78. The van der Waals surface area contributed by atoms with E-state index in [2.05, 4.69) is 18.3 Å². The lowest BCUT2D eigenvalue weighted by atomic mass is 10.1. The van der Waals surface area contributed by atoms with Crippen LogP contribution < -0.4 is 10.1 Å². The predicted molar refractivity (Wildman–Crippen MR) is 80.0 cm³/mol. The second kappa shape index (κ2) is 9.37. The molecule has 0 amide bonds. The van der Waals surface area contributed by atoms with Crippen molar-refractivity contribution < 1.29 is 14.3 Å². The van der Waals surface area contributed by atoms with Crippen LogP contribution in [-0.2, 0) is 16.0 Å². The molecule has 0 aliphatic carbocycles. The van der Waals surface area contributed by atoms with Gasteiger partial charge in [-0.15, -0.1) is 0 Å². The zero-order chi connectivity index (χ0) is 14.8. The Morgan fingerprint density at radius 1 is 1.35 bits per heavy atom. The topological polar surface area (TPSA) is 47.6 Å².